The van der Waals surface area contributed by atoms with E-state index in [2.05, 4.69) is 35.6 Å². The molecule has 4 heterocycles. The maximum atomic E-state index is 12.3. The first-order chi connectivity index (χ1) is 14.2. The van der Waals surface area contributed by atoms with E-state index in [4.69, 9.17) is 0 Å². The topological polar surface area (TPSA) is 123 Å². The van der Waals surface area contributed by atoms with E-state index in [1.807, 2.05) is 17.5 Å². The van der Waals surface area contributed by atoms with Gasteiger partial charge in [0.05, 0.1) is 24.0 Å². The number of thiazole rings is 2. The van der Waals surface area contributed by atoms with Gasteiger partial charge < -0.3 is 5.32 Å². The largest absolute Gasteiger partial charge is 0.302 e. The van der Waals surface area contributed by atoms with E-state index in [-0.39, 0.29) is 18.0 Å². The maximum Gasteiger partial charge on any atom is 0.277 e. The average Bonchev–Trinajstić information content (AvgIpc) is 3.39. The lowest BCUT2D eigenvalue weighted by molar-refractivity contribution is -0.115. The number of amides is 2. The van der Waals surface area contributed by atoms with Crippen LogP contribution in [0.2, 0.25) is 0 Å². The van der Waals surface area contributed by atoms with Gasteiger partial charge in [0.1, 0.15) is 5.69 Å². The molecule has 0 aliphatic rings. The van der Waals surface area contributed by atoms with E-state index < -0.39 is 5.91 Å². The van der Waals surface area contributed by atoms with Crippen molar-refractivity contribution in [3.8, 4) is 11.3 Å². The molecule has 29 heavy (non-hydrogen) atoms. The van der Waals surface area contributed by atoms with E-state index in [1.54, 1.807) is 17.8 Å². The summed E-state index contributed by atoms with van der Waals surface area (Å²) >= 11 is 2.57. The molecule has 4 aromatic heterocycles. The molecular weight excluding hydrogens is 410 g/mol. The number of carbonyl (C=O) groups is 2. The van der Waals surface area contributed by atoms with Crippen molar-refractivity contribution < 1.29 is 9.59 Å². The number of aromatic nitrogens is 5. The van der Waals surface area contributed by atoms with Gasteiger partial charge in [-0.25, -0.2) is 15.0 Å². The van der Waals surface area contributed by atoms with Gasteiger partial charge in [0.2, 0.25) is 5.91 Å². The highest BCUT2D eigenvalue weighted by atomic mass is 32.1. The fraction of sp³-hybridized carbons (Fsp3) is 0.0556. The standard InChI is InChI=1S/C18H13N7O2S2/c26-15(24-18-23-14(10-29-18)11-2-1-3-19-7-11)6-12-9-28-17(22-12)25-16(27)13-8-20-4-5-21-13/h1-5,7-10H,6H2,(H,22,25,27)(H,23,24,26). The number of pyridine rings is 1. The molecule has 0 spiro atoms. The molecule has 0 saturated heterocycles. The van der Waals surface area contributed by atoms with Gasteiger partial charge in [0, 0.05) is 41.1 Å². The highest BCUT2D eigenvalue weighted by Crippen LogP contribution is 2.24. The van der Waals surface area contributed by atoms with Crippen LogP contribution in [-0.2, 0) is 11.2 Å². The number of rotatable bonds is 6. The molecule has 11 heteroatoms. The number of nitrogens with zero attached hydrogens (tertiary/aromatic N) is 5. The Bertz CT molecular complexity index is 1130. The highest BCUT2D eigenvalue weighted by molar-refractivity contribution is 7.14. The first-order valence-corrected chi connectivity index (χ1v) is 10.1. The van der Waals surface area contributed by atoms with Crippen LogP contribution in [0.15, 0.2) is 53.9 Å². The van der Waals surface area contributed by atoms with Gasteiger partial charge in [-0.1, -0.05) is 0 Å². The van der Waals surface area contributed by atoms with E-state index in [0.717, 1.165) is 11.3 Å². The Balaban J connectivity index is 1.34. The summed E-state index contributed by atoms with van der Waals surface area (Å²) < 4.78 is 0. The molecule has 4 rings (SSSR count). The molecule has 0 saturated carbocycles. The summed E-state index contributed by atoms with van der Waals surface area (Å²) in [5.41, 5.74) is 2.37. The number of hydrogen-bond acceptors (Lipinski definition) is 9. The third-order valence-electron chi connectivity index (χ3n) is 3.62. The second-order valence-electron chi connectivity index (χ2n) is 5.69. The molecule has 0 unspecified atom stereocenters. The summed E-state index contributed by atoms with van der Waals surface area (Å²) in [5.74, 6) is -0.650. The molecule has 2 N–H and O–H groups in total. The van der Waals surface area contributed by atoms with E-state index in [1.165, 1.54) is 41.3 Å². The fourth-order valence-corrected chi connectivity index (χ4v) is 3.77. The Labute approximate surface area is 172 Å². The third kappa shape index (κ3) is 4.83. The summed E-state index contributed by atoms with van der Waals surface area (Å²) in [5, 5.41) is 9.86. The zero-order chi connectivity index (χ0) is 20.1. The van der Waals surface area contributed by atoms with Crippen molar-refractivity contribution >= 4 is 44.8 Å². The molecular formula is C18H13N7O2S2. The minimum Gasteiger partial charge on any atom is -0.302 e. The Morgan fingerprint density at radius 3 is 2.55 bits per heavy atom. The minimum atomic E-state index is -0.408. The summed E-state index contributed by atoms with van der Waals surface area (Å²) in [6, 6.07) is 3.73. The van der Waals surface area contributed by atoms with Gasteiger partial charge in [-0.2, -0.15) is 0 Å². The first-order valence-electron chi connectivity index (χ1n) is 8.35. The van der Waals surface area contributed by atoms with Crippen LogP contribution in [0.5, 0.6) is 0 Å². The second kappa shape index (κ2) is 8.63. The van der Waals surface area contributed by atoms with E-state index in [9.17, 15) is 9.59 Å². The molecule has 0 aliphatic carbocycles. The predicted octanol–water partition coefficient (Wildman–Crippen LogP) is 2.89. The van der Waals surface area contributed by atoms with Crippen molar-refractivity contribution in [2.45, 2.75) is 6.42 Å². The SMILES string of the molecule is O=C(Cc1csc(NC(=O)c2cnccn2)n1)Nc1nc(-c2cccnc2)cs1. The van der Waals surface area contributed by atoms with Crippen molar-refractivity contribution in [2.75, 3.05) is 10.6 Å². The number of nitrogens with one attached hydrogen (secondary N) is 2. The van der Waals surface area contributed by atoms with Crippen molar-refractivity contribution in [3.05, 3.63) is 65.3 Å². The van der Waals surface area contributed by atoms with Gasteiger partial charge in [-0.15, -0.1) is 22.7 Å². The van der Waals surface area contributed by atoms with Crippen LogP contribution in [0.1, 0.15) is 16.2 Å². The van der Waals surface area contributed by atoms with Gasteiger partial charge in [-0.3, -0.25) is 24.9 Å². The molecule has 2 amide bonds. The summed E-state index contributed by atoms with van der Waals surface area (Å²) in [6.07, 6.45) is 7.76. The average molecular weight is 423 g/mol. The molecule has 0 atom stereocenters. The van der Waals surface area contributed by atoms with Crippen LogP contribution >= 0.6 is 22.7 Å². The summed E-state index contributed by atoms with van der Waals surface area (Å²) in [4.78, 5) is 44.9. The number of hydrogen-bond donors (Lipinski definition) is 2. The van der Waals surface area contributed by atoms with Crippen molar-refractivity contribution in [1.29, 1.82) is 0 Å². The van der Waals surface area contributed by atoms with Gasteiger partial charge in [-0.05, 0) is 12.1 Å². The lowest BCUT2D eigenvalue weighted by atomic mass is 10.2. The minimum absolute atomic E-state index is 0.0688. The van der Waals surface area contributed by atoms with Crippen LogP contribution in [0.4, 0.5) is 10.3 Å². The predicted molar refractivity (Wildman–Crippen MR) is 110 cm³/mol. The van der Waals surface area contributed by atoms with Gasteiger partial charge in [0.25, 0.3) is 5.91 Å². The highest BCUT2D eigenvalue weighted by Gasteiger charge is 2.13. The molecule has 0 radical (unpaired) electrons. The monoisotopic (exact) mass is 423 g/mol. The summed E-state index contributed by atoms with van der Waals surface area (Å²) in [7, 11) is 0. The lowest BCUT2D eigenvalue weighted by Crippen LogP contribution is -2.15. The van der Waals surface area contributed by atoms with Crippen LogP contribution in [0, 0.1) is 0 Å². The number of anilines is 2. The van der Waals surface area contributed by atoms with Crippen LogP contribution in [0.3, 0.4) is 0 Å². The molecule has 144 valence electrons. The normalized spacial score (nSPS) is 10.5. The summed E-state index contributed by atoms with van der Waals surface area (Å²) in [6.45, 7) is 0. The molecule has 0 aromatic carbocycles. The third-order valence-corrected chi connectivity index (χ3v) is 5.18. The maximum absolute atomic E-state index is 12.3. The fourth-order valence-electron chi connectivity index (χ4n) is 2.33. The van der Waals surface area contributed by atoms with Crippen LogP contribution in [-0.4, -0.2) is 36.7 Å². The Kier molecular flexibility index (Phi) is 5.59. The quantitative estimate of drug-likeness (QED) is 0.489. The molecule has 4 aromatic rings. The molecule has 0 fully saturated rings. The number of carbonyl (C=O) groups excluding carboxylic acids is 2. The van der Waals surface area contributed by atoms with Gasteiger partial charge >= 0.3 is 0 Å². The van der Waals surface area contributed by atoms with Crippen molar-refractivity contribution in [2.24, 2.45) is 0 Å². The first kappa shape index (κ1) is 18.8. The molecule has 9 nitrogen and oxygen atoms in total. The lowest BCUT2D eigenvalue weighted by Gasteiger charge is -2.00. The Hall–Kier alpha value is -3.57. The van der Waals surface area contributed by atoms with Crippen molar-refractivity contribution in [3.63, 3.8) is 0 Å². The molecule has 0 aliphatic heterocycles. The van der Waals surface area contributed by atoms with E-state index >= 15 is 0 Å². The molecule has 0 bridgehead atoms. The zero-order valence-corrected chi connectivity index (χ0v) is 16.4. The smallest absolute Gasteiger partial charge is 0.277 e. The Morgan fingerprint density at radius 2 is 1.76 bits per heavy atom. The van der Waals surface area contributed by atoms with Crippen molar-refractivity contribution in [1.82, 2.24) is 24.9 Å². The van der Waals surface area contributed by atoms with Crippen LogP contribution < -0.4 is 10.6 Å². The van der Waals surface area contributed by atoms with Gasteiger partial charge in [0.15, 0.2) is 10.3 Å². The van der Waals surface area contributed by atoms with E-state index in [0.29, 0.717) is 16.0 Å². The van der Waals surface area contributed by atoms with Crippen LogP contribution in [0.25, 0.3) is 11.3 Å². The Morgan fingerprint density at radius 1 is 0.931 bits per heavy atom. The zero-order valence-electron chi connectivity index (χ0n) is 14.8. The second-order valence-corrected chi connectivity index (χ2v) is 7.41.